The molecule has 58 heavy (non-hydrogen) atoms. The van der Waals surface area contributed by atoms with Crippen molar-refractivity contribution in [2.75, 3.05) is 0 Å². The molecule has 270 valence electrons. The summed E-state index contributed by atoms with van der Waals surface area (Å²) in [5, 5.41) is 8.34. The maximum Gasteiger partial charge on any atom is 0.160 e. The summed E-state index contributed by atoms with van der Waals surface area (Å²) in [5.74, 6) is 0.656. The second-order valence-corrected chi connectivity index (χ2v) is 15.8. The number of hydrogen-bond acceptors (Lipinski definition) is 5. The molecule has 0 saturated heterocycles. The minimum atomic E-state index is 0.656. The number of pyridine rings is 1. The van der Waals surface area contributed by atoms with Gasteiger partial charge in [0, 0.05) is 69.4 Å². The summed E-state index contributed by atoms with van der Waals surface area (Å²) in [4.78, 5) is 15.4. The predicted molar refractivity (Wildman–Crippen MR) is 242 cm³/mol. The monoisotopic (exact) mass is 757 g/mol. The maximum atomic E-state index is 6.25. The van der Waals surface area contributed by atoms with E-state index in [4.69, 9.17) is 19.4 Å². The van der Waals surface area contributed by atoms with E-state index in [1.165, 1.54) is 41.9 Å². The van der Waals surface area contributed by atoms with Crippen molar-refractivity contribution >= 4 is 75.1 Å². The summed E-state index contributed by atoms with van der Waals surface area (Å²) in [6.45, 7) is 0. The molecule has 0 saturated carbocycles. The number of fused-ring (bicyclic) bond motifs is 10. The minimum Gasteiger partial charge on any atom is -0.456 e. The number of rotatable bonds is 5. The molecular weight excluding hydrogens is 727 g/mol. The first-order valence-electron chi connectivity index (χ1n) is 19.4. The van der Waals surface area contributed by atoms with Crippen LogP contribution in [-0.2, 0) is 0 Å². The lowest BCUT2D eigenvalue weighted by Crippen LogP contribution is -1.96. The second kappa shape index (κ2) is 13.1. The van der Waals surface area contributed by atoms with Crippen molar-refractivity contribution in [3.63, 3.8) is 0 Å². The Morgan fingerprint density at radius 1 is 0.345 bits per heavy atom. The van der Waals surface area contributed by atoms with Gasteiger partial charge in [-0.25, -0.2) is 15.0 Å². The van der Waals surface area contributed by atoms with E-state index in [0.717, 1.165) is 72.4 Å². The molecule has 4 heterocycles. The average Bonchev–Trinajstić information content (AvgIpc) is 3.87. The van der Waals surface area contributed by atoms with Crippen LogP contribution < -0.4 is 0 Å². The quantitative estimate of drug-likeness (QED) is 0.164. The Hall–Kier alpha value is -7.47. The van der Waals surface area contributed by atoms with Crippen LogP contribution in [0.5, 0.6) is 0 Å². The highest BCUT2D eigenvalue weighted by Gasteiger charge is 2.18. The summed E-state index contributed by atoms with van der Waals surface area (Å²) in [7, 11) is 0. The van der Waals surface area contributed by atoms with Gasteiger partial charge in [-0.05, 0) is 59.7 Å². The number of hydrogen-bond donors (Lipinski definition) is 0. The van der Waals surface area contributed by atoms with Crippen molar-refractivity contribution in [2.45, 2.75) is 0 Å². The van der Waals surface area contributed by atoms with E-state index in [1.54, 1.807) is 0 Å². The fourth-order valence-electron chi connectivity index (χ4n) is 8.48. The molecule has 0 atom stereocenters. The molecule has 4 aromatic heterocycles. The number of para-hydroxylation sites is 2. The molecule has 8 aromatic carbocycles. The van der Waals surface area contributed by atoms with Gasteiger partial charge < -0.3 is 4.42 Å². The highest BCUT2D eigenvalue weighted by molar-refractivity contribution is 7.26. The molecule has 4 nitrogen and oxygen atoms in total. The molecule has 0 aliphatic carbocycles. The van der Waals surface area contributed by atoms with Gasteiger partial charge in [-0.2, -0.15) is 0 Å². The van der Waals surface area contributed by atoms with Gasteiger partial charge in [-0.3, -0.25) is 0 Å². The Bertz CT molecular complexity index is 3550. The third kappa shape index (κ3) is 5.32. The Morgan fingerprint density at radius 2 is 0.948 bits per heavy atom. The fraction of sp³-hybridized carbons (Fsp3) is 0. The zero-order valence-electron chi connectivity index (χ0n) is 31.1. The molecule has 12 rings (SSSR count). The Balaban J connectivity index is 0.977. The van der Waals surface area contributed by atoms with Gasteiger partial charge in [0.2, 0.25) is 0 Å². The molecule has 0 amide bonds. The van der Waals surface area contributed by atoms with Gasteiger partial charge in [-0.1, -0.05) is 140 Å². The summed E-state index contributed by atoms with van der Waals surface area (Å²) < 4.78 is 8.80. The van der Waals surface area contributed by atoms with Crippen LogP contribution in [0, 0.1) is 0 Å². The first kappa shape index (κ1) is 32.7. The van der Waals surface area contributed by atoms with E-state index < -0.39 is 0 Å². The third-order valence-corrected chi connectivity index (χ3v) is 12.4. The molecule has 0 N–H and O–H groups in total. The van der Waals surface area contributed by atoms with Crippen molar-refractivity contribution in [3.8, 4) is 56.3 Å². The summed E-state index contributed by atoms with van der Waals surface area (Å²) in [6, 6.07) is 66.1. The van der Waals surface area contributed by atoms with Crippen molar-refractivity contribution in [1.29, 1.82) is 0 Å². The van der Waals surface area contributed by atoms with Gasteiger partial charge in [-0.15, -0.1) is 11.3 Å². The number of furan rings is 1. The first-order chi connectivity index (χ1) is 28.7. The predicted octanol–water partition coefficient (Wildman–Crippen LogP) is 14.8. The fourth-order valence-corrected chi connectivity index (χ4v) is 9.58. The van der Waals surface area contributed by atoms with Crippen molar-refractivity contribution < 1.29 is 4.42 Å². The molecule has 0 radical (unpaired) electrons. The van der Waals surface area contributed by atoms with Crippen LogP contribution in [0.15, 0.2) is 192 Å². The minimum absolute atomic E-state index is 0.656. The lowest BCUT2D eigenvalue weighted by Gasteiger charge is -2.12. The van der Waals surface area contributed by atoms with Crippen molar-refractivity contribution in [2.24, 2.45) is 0 Å². The standard InChI is InChI=1S/C53H31N3OS/c1-3-11-33(12-4-1)44-31-45(56-53(55-44)37-23-25-39-38-15-8-10-18-46(38)57-47(39)30-37)34-21-19-32(20-22-34)36-24-27-48-42(29-36)51-49(58-48)28-26-41-50(51)40-16-7-9-17-43(40)54-52(41)35-13-5-2-6-14-35/h1-31H. The number of thiophene rings is 1. The Labute approximate surface area is 337 Å². The van der Waals surface area contributed by atoms with Crippen molar-refractivity contribution in [1.82, 2.24) is 15.0 Å². The van der Waals surface area contributed by atoms with Gasteiger partial charge in [0.25, 0.3) is 0 Å². The molecule has 0 spiro atoms. The van der Waals surface area contributed by atoms with Gasteiger partial charge >= 0.3 is 0 Å². The second-order valence-electron chi connectivity index (χ2n) is 14.7. The normalized spacial score (nSPS) is 11.8. The van der Waals surface area contributed by atoms with Crippen molar-refractivity contribution in [3.05, 3.63) is 188 Å². The molecule has 0 unspecified atom stereocenters. The first-order valence-corrected chi connectivity index (χ1v) is 20.2. The lowest BCUT2D eigenvalue weighted by molar-refractivity contribution is 0.669. The summed E-state index contributed by atoms with van der Waals surface area (Å²) in [5.41, 5.74) is 11.9. The van der Waals surface area contributed by atoms with E-state index in [9.17, 15) is 0 Å². The number of benzene rings is 8. The molecule has 0 bridgehead atoms. The van der Waals surface area contributed by atoms with E-state index >= 15 is 0 Å². The Morgan fingerprint density at radius 3 is 1.76 bits per heavy atom. The highest BCUT2D eigenvalue weighted by atomic mass is 32.1. The zero-order valence-corrected chi connectivity index (χ0v) is 31.9. The number of nitrogens with zero attached hydrogens (tertiary/aromatic N) is 3. The van der Waals surface area contributed by atoms with E-state index in [0.29, 0.717) is 5.82 Å². The largest absolute Gasteiger partial charge is 0.456 e. The molecule has 0 aliphatic rings. The summed E-state index contributed by atoms with van der Waals surface area (Å²) >= 11 is 1.85. The van der Waals surface area contributed by atoms with Crippen LogP contribution in [0.3, 0.4) is 0 Å². The van der Waals surface area contributed by atoms with Crippen LogP contribution in [0.25, 0.3) is 120 Å². The molecule has 12 aromatic rings. The van der Waals surface area contributed by atoms with Crippen LogP contribution in [-0.4, -0.2) is 15.0 Å². The summed E-state index contributed by atoms with van der Waals surface area (Å²) in [6.07, 6.45) is 0. The number of aromatic nitrogens is 3. The van der Waals surface area contributed by atoms with Crippen LogP contribution in [0.1, 0.15) is 0 Å². The average molecular weight is 758 g/mol. The van der Waals surface area contributed by atoms with Crippen LogP contribution in [0.4, 0.5) is 0 Å². The van der Waals surface area contributed by atoms with Crippen LogP contribution >= 0.6 is 11.3 Å². The van der Waals surface area contributed by atoms with E-state index in [2.05, 4.69) is 152 Å². The Kier molecular flexibility index (Phi) is 7.37. The topological polar surface area (TPSA) is 51.8 Å². The maximum absolute atomic E-state index is 6.25. The van der Waals surface area contributed by atoms with Gasteiger partial charge in [0.05, 0.1) is 22.6 Å². The molecule has 0 aliphatic heterocycles. The molecular formula is C53H31N3OS. The smallest absolute Gasteiger partial charge is 0.160 e. The van der Waals surface area contributed by atoms with E-state index in [-0.39, 0.29) is 0 Å². The SMILES string of the molecule is c1ccc(-c2cc(-c3ccc(-c4ccc5sc6ccc7c(-c8ccccc8)nc8ccccc8c7c6c5c4)cc3)nc(-c3ccc4c(c3)oc3ccccc34)n2)cc1. The zero-order chi connectivity index (χ0) is 38.2. The highest BCUT2D eigenvalue weighted by Crippen LogP contribution is 2.44. The third-order valence-electron chi connectivity index (χ3n) is 11.3. The van der Waals surface area contributed by atoms with Gasteiger partial charge in [0.15, 0.2) is 5.82 Å². The lowest BCUT2D eigenvalue weighted by atomic mass is 9.95. The van der Waals surface area contributed by atoms with Crippen LogP contribution in [0.2, 0.25) is 0 Å². The molecule has 5 heteroatoms. The van der Waals surface area contributed by atoms with Gasteiger partial charge in [0.1, 0.15) is 11.2 Å². The van der Waals surface area contributed by atoms with E-state index in [1.807, 2.05) is 47.7 Å². The molecule has 0 fully saturated rings.